The summed E-state index contributed by atoms with van der Waals surface area (Å²) >= 11 is 0. The number of carbonyl (C=O) groups excluding carboxylic acids is 1. The summed E-state index contributed by atoms with van der Waals surface area (Å²) in [7, 11) is 0. The van der Waals surface area contributed by atoms with Crippen LogP contribution in [-0.4, -0.2) is 22.0 Å². The number of hydrogen-bond donors (Lipinski definition) is 2. The highest BCUT2D eigenvalue weighted by atomic mass is 16.1. The van der Waals surface area contributed by atoms with Crippen molar-refractivity contribution in [2.75, 3.05) is 6.54 Å². The third kappa shape index (κ3) is 3.70. The van der Waals surface area contributed by atoms with Gasteiger partial charge in [-0.05, 0) is 38.5 Å². The molecule has 5 nitrogen and oxygen atoms in total. The fourth-order valence-electron chi connectivity index (χ4n) is 1.96. The minimum atomic E-state index is -0.551. The molecule has 1 amide bonds. The van der Waals surface area contributed by atoms with Gasteiger partial charge in [-0.25, -0.2) is 4.98 Å². The van der Waals surface area contributed by atoms with Crippen LogP contribution >= 0.6 is 0 Å². The third-order valence-corrected chi connectivity index (χ3v) is 3.71. The molecule has 3 N–H and O–H groups in total. The van der Waals surface area contributed by atoms with Crippen LogP contribution in [0.5, 0.6) is 0 Å². The van der Waals surface area contributed by atoms with Crippen LogP contribution in [0.2, 0.25) is 0 Å². The summed E-state index contributed by atoms with van der Waals surface area (Å²) in [5.41, 5.74) is 7.07. The number of primary amides is 1. The average Bonchev–Trinajstić information content (AvgIpc) is 2.99. The molecule has 1 atom stereocenters. The van der Waals surface area contributed by atoms with E-state index in [2.05, 4.69) is 41.5 Å². The Balaban J connectivity index is 2.00. The number of nitrogens with two attached hydrogens (primary N) is 1. The van der Waals surface area contributed by atoms with Gasteiger partial charge in [0.25, 0.3) is 0 Å². The van der Waals surface area contributed by atoms with Gasteiger partial charge in [0.05, 0.1) is 11.7 Å². The fourth-order valence-corrected chi connectivity index (χ4v) is 1.96. The van der Waals surface area contributed by atoms with E-state index in [-0.39, 0.29) is 11.9 Å². The molecule has 21 heavy (non-hydrogen) atoms. The summed E-state index contributed by atoms with van der Waals surface area (Å²) in [6.45, 7) is 6.31. The molecule has 1 aromatic heterocycles. The maximum Gasteiger partial charge on any atom is 0.224 e. The van der Waals surface area contributed by atoms with Crippen LogP contribution < -0.4 is 11.1 Å². The number of nitrogens with zero attached hydrogens (tertiary/aromatic N) is 2. The molecule has 0 radical (unpaired) electrons. The molecule has 0 saturated carbocycles. The minimum Gasteiger partial charge on any atom is -0.369 e. The smallest absolute Gasteiger partial charge is 0.224 e. The summed E-state index contributed by atoms with van der Waals surface area (Å²) in [6.07, 6.45) is 5.43. The van der Waals surface area contributed by atoms with Crippen molar-refractivity contribution in [2.24, 2.45) is 11.1 Å². The Labute approximate surface area is 125 Å². The first-order chi connectivity index (χ1) is 9.90. The van der Waals surface area contributed by atoms with E-state index in [9.17, 15) is 4.79 Å². The molecule has 0 fully saturated rings. The van der Waals surface area contributed by atoms with Gasteiger partial charge in [0.1, 0.15) is 0 Å². The highest BCUT2D eigenvalue weighted by molar-refractivity contribution is 5.80. The summed E-state index contributed by atoms with van der Waals surface area (Å²) in [6, 6.07) is 8.40. The first-order valence-corrected chi connectivity index (χ1v) is 7.02. The zero-order valence-electron chi connectivity index (χ0n) is 12.7. The van der Waals surface area contributed by atoms with E-state index in [1.807, 2.05) is 24.6 Å². The molecule has 0 aliphatic rings. The number of aromatic nitrogens is 2. The average molecular weight is 286 g/mol. The number of hydrogen-bond acceptors (Lipinski definition) is 3. The number of imidazole rings is 1. The lowest BCUT2D eigenvalue weighted by Crippen LogP contribution is -2.41. The molecule has 1 unspecified atom stereocenters. The van der Waals surface area contributed by atoms with Crippen molar-refractivity contribution in [1.29, 1.82) is 0 Å². The Morgan fingerprint density at radius 3 is 2.57 bits per heavy atom. The highest BCUT2D eigenvalue weighted by Crippen LogP contribution is 2.18. The van der Waals surface area contributed by atoms with E-state index in [1.54, 1.807) is 12.5 Å². The lowest BCUT2D eigenvalue weighted by Gasteiger charge is -2.24. The molecule has 0 saturated heterocycles. The zero-order valence-corrected chi connectivity index (χ0v) is 12.7. The molecule has 5 heteroatoms. The lowest BCUT2D eigenvalue weighted by atomic mass is 9.92. The van der Waals surface area contributed by atoms with E-state index in [4.69, 9.17) is 5.73 Å². The third-order valence-electron chi connectivity index (χ3n) is 3.71. The van der Waals surface area contributed by atoms with Crippen LogP contribution in [0, 0.1) is 5.41 Å². The molecule has 0 spiro atoms. The number of amides is 1. The van der Waals surface area contributed by atoms with Crippen LogP contribution in [-0.2, 0) is 4.79 Å². The van der Waals surface area contributed by atoms with Crippen LogP contribution in [0.25, 0.3) is 5.69 Å². The van der Waals surface area contributed by atoms with Gasteiger partial charge in [-0.3, -0.25) is 4.79 Å². The van der Waals surface area contributed by atoms with Gasteiger partial charge in [0.15, 0.2) is 0 Å². The van der Waals surface area contributed by atoms with Gasteiger partial charge < -0.3 is 15.6 Å². The number of carbonyl (C=O) groups is 1. The van der Waals surface area contributed by atoms with Crippen molar-refractivity contribution in [1.82, 2.24) is 14.9 Å². The second-order valence-corrected chi connectivity index (χ2v) is 5.91. The van der Waals surface area contributed by atoms with Gasteiger partial charge in [-0.1, -0.05) is 12.1 Å². The van der Waals surface area contributed by atoms with Crippen LogP contribution in [0.3, 0.4) is 0 Å². The quantitative estimate of drug-likeness (QED) is 0.853. The normalized spacial score (nSPS) is 13.1. The van der Waals surface area contributed by atoms with E-state index < -0.39 is 5.41 Å². The van der Waals surface area contributed by atoms with Crippen LogP contribution in [0.1, 0.15) is 32.4 Å². The standard InChI is InChI=1S/C16H22N4O/c1-12(19-10-16(2,3)15(17)21)13-4-6-14(7-5-13)20-9-8-18-11-20/h4-9,11-12,19H,10H2,1-3H3,(H2,17,21). The lowest BCUT2D eigenvalue weighted by molar-refractivity contribution is -0.125. The molecule has 0 aliphatic carbocycles. The van der Waals surface area contributed by atoms with Crippen molar-refractivity contribution in [3.8, 4) is 5.69 Å². The van der Waals surface area contributed by atoms with Gasteiger partial charge in [0, 0.05) is 30.7 Å². The SMILES string of the molecule is CC(NCC(C)(C)C(N)=O)c1ccc(-n2ccnc2)cc1. The Kier molecular flexibility index (Phi) is 4.43. The first kappa shape index (κ1) is 15.3. The Bertz CT molecular complexity index is 587. The van der Waals surface area contributed by atoms with Crippen molar-refractivity contribution >= 4 is 5.91 Å². The molecule has 1 heterocycles. The predicted octanol–water partition coefficient (Wildman–Crippen LogP) is 2.03. The monoisotopic (exact) mass is 286 g/mol. The number of nitrogens with one attached hydrogen (secondary N) is 1. The van der Waals surface area contributed by atoms with Crippen molar-refractivity contribution in [3.63, 3.8) is 0 Å². The summed E-state index contributed by atoms with van der Waals surface area (Å²) in [5, 5.41) is 3.35. The Morgan fingerprint density at radius 2 is 2.05 bits per heavy atom. The largest absolute Gasteiger partial charge is 0.369 e. The molecule has 2 rings (SSSR count). The van der Waals surface area contributed by atoms with E-state index in [0.717, 1.165) is 5.69 Å². The van der Waals surface area contributed by atoms with Crippen LogP contribution in [0.15, 0.2) is 43.0 Å². The first-order valence-electron chi connectivity index (χ1n) is 7.02. The van der Waals surface area contributed by atoms with Crippen molar-refractivity contribution < 1.29 is 4.79 Å². The predicted molar refractivity (Wildman–Crippen MR) is 83.0 cm³/mol. The summed E-state index contributed by atoms with van der Waals surface area (Å²) in [5.74, 6) is -0.294. The molecule has 1 aromatic carbocycles. The topological polar surface area (TPSA) is 72.9 Å². The Hall–Kier alpha value is -2.14. The number of benzene rings is 1. The number of rotatable bonds is 6. The second-order valence-electron chi connectivity index (χ2n) is 5.91. The van der Waals surface area contributed by atoms with Gasteiger partial charge in [0.2, 0.25) is 5.91 Å². The van der Waals surface area contributed by atoms with E-state index in [1.165, 1.54) is 5.56 Å². The van der Waals surface area contributed by atoms with Crippen molar-refractivity contribution in [2.45, 2.75) is 26.8 Å². The van der Waals surface area contributed by atoms with Gasteiger partial charge >= 0.3 is 0 Å². The maximum atomic E-state index is 11.3. The molecule has 112 valence electrons. The molecular weight excluding hydrogens is 264 g/mol. The second kappa shape index (κ2) is 6.10. The Morgan fingerprint density at radius 1 is 1.38 bits per heavy atom. The zero-order chi connectivity index (χ0) is 15.5. The van der Waals surface area contributed by atoms with Gasteiger partial charge in [-0.15, -0.1) is 0 Å². The molecular formula is C16H22N4O. The highest BCUT2D eigenvalue weighted by Gasteiger charge is 2.25. The molecule has 0 bridgehead atoms. The maximum absolute atomic E-state index is 11.3. The van der Waals surface area contributed by atoms with Crippen LogP contribution in [0.4, 0.5) is 0 Å². The van der Waals surface area contributed by atoms with E-state index >= 15 is 0 Å². The molecule has 0 aliphatic heterocycles. The summed E-state index contributed by atoms with van der Waals surface area (Å²) in [4.78, 5) is 15.4. The fraction of sp³-hybridized carbons (Fsp3) is 0.375. The minimum absolute atomic E-state index is 0.153. The van der Waals surface area contributed by atoms with Crippen molar-refractivity contribution in [3.05, 3.63) is 48.5 Å². The summed E-state index contributed by atoms with van der Waals surface area (Å²) < 4.78 is 1.96. The molecule has 2 aromatic rings. The van der Waals surface area contributed by atoms with Gasteiger partial charge in [-0.2, -0.15) is 0 Å². The van der Waals surface area contributed by atoms with E-state index in [0.29, 0.717) is 6.54 Å².